The number of methoxy groups -OCH3 is 3. The van der Waals surface area contributed by atoms with E-state index in [1.165, 1.54) is 39.5 Å². The number of benzene rings is 2. The third-order valence-electron chi connectivity index (χ3n) is 3.73. The number of amides is 1. The summed E-state index contributed by atoms with van der Waals surface area (Å²) in [6.45, 7) is 0.164. The van der Waals surface area contributed by atoms with Crippen molar-refractivity contribution >= 4 is 12.0 Å². The normalized spacial score (nSPS) is 10.1. The number of carbonyl (C=O) groups excluding carboxylic acids is 1. The van der Waals surface area contributed by atoms with Gasteiger partial charge in [-0.25, -0.2) is 4.39 Å². The molecule has 0 unspecified atom stereocenters. The first-order valence-corrected chi connectivity index (χ1v) is 8.68. The van der Waals surface area contributed by atoms with Gasteiger partial charge in [-0.2, -0.15) is 0 Å². The van der Waals surface area contributed by atoms with Crippen LogP contribution in [-0.4, -0.2) is 40.4 Å². The lowest BCUT2D eigenvalue weighted by atomic mass is 10.1. The Hall–Kier alpha value is -3.66. The fraction of sp³-hybridized carbons (Fsp3) is 0.227. The second-order valence-electron chi connectivity index (χ2n) is 5.58. The standard InChI is InChI=1S/C22H22FNO5/c1-26-19-14-16(15-20(27-2)22(19)28-3)10-11-21(25)24-12-6-7-13-29-18-9-5-4-8-17(18)23/h4-5,8-11,14-15H,12-13H2,1-3H3,(H,24,25)/b11-10+. The van der Waals surface area contributed by atoms with Gasteiger partial charge in [0.15, 0.2) is 23.1 Å². The molecule has 6 nitrogen and oxygen atoms in total. The van der Waals surface area contributed by atoms with Crippen LogP contribution in [0, 0.1) is 17.7 Å². The molecule has 0 aliphatic rings. The van der Waals surface area contributed by atoms with Crippen molar-refractivity contribution in [2.45, 2.75) is 0 Å². The predicted octanol–water partition coefficient (Wildman–Crippen LogP) is 3.06. The van der Waals surface area contributed by atoms with Crippen molar-refractivity contribution in [2.75, 3.05) is 34.5 Å². The Morgan fingerprint density at radius 2 is 1.72 bits per heavy atom. The first kappa shape index (κ1) is 21.6. The Bertz CT molecular complexity index is 905. The summed E-state index contributed by atoms with van der Waals surface area (Å²) in [6.07, 6.45) is 2.99. The summed E-state index contributed by atoms with van der Waals surface area (Å²) in [7, 11) is 4.56. The van der Waals surface area contributed by atoms with Gasteiger partial charge in [-0.1, -0.05) is 24.0 Å². The molecule has 0 atom stereocenters. The van der Waals surface area contributed by atoms with Gasteiger partial charge in [0, 0.05) is 6.08 Å². The molecule has 0 spiro atoms. The summed E-state index contributed by atoms with van der Waals surface area (Å²) in [4.78, 5) is 11.9. The van der Waals surface area contributed by atoms with E-state index >= 15 is 0 Å². The minimum Gasteiger partial charge on any atom is -0.493 e. The Balaban J connectivity index is 1.85. The molecular formula is C22H22FNO5. The fourth-order valence-electron chi connectivity index (χ4n) is 2.35. The topological polar surface area (TPSA) is 66.0 Å². The second-order valence-corrected chi connectivity index (χ2v) is 5.58. The first-order valence-electron chi connectivity index (χ1n) is 8.68. The number of carbonyl (C=O) groups is 1. The van der Waals surface area contributed by atoms with Crippen molar-refractivity contribution in [3.8, 4) is 34.8 Å². The Morgan fingerprint density at radius 3 is 2.34 bits per heavy atom. The highest BCUT2D eigenvalue weighted by Crippen LogP contribution is 2.38. The lowest BCUT2D eigenvalue weighted by molar-refractivity contribution is -0.116. The molecule has 0 aromatic heterocycles. The summed E-state index contributed by atoms with van der Waals surface area (Å²) < 4.78 is 34.4. The Kier molecular flexibility index (Phi) is 8.39. The van der Waals surface area contributed by atoms with E-state index in [-0.39, 0.29) is 24.8 Å². The van der Waals surface area contributed by atoms with Crippen LogP contribution in [0.1, 0.15) is 5.56 Å². The van der Waals surface area contributed by atoms with Gasteiger partial charge in [-0.05, 0) is 35.9 Å². The van der Waals surface area contributed by atoms with Crippen molar-refractivity contribution in [1.82, 2.24) is 5.32 Å². The summed E-state index contributed by atoms with van der Waals surface area (Å²) in [5.74, 6) is 6.28. The maximum absolute atomic E-state index is 13.4. The quantitative estimate of drug-likeness (QED) is 0.546. The summed E-state index contributed by atoms with van der Waals surface area (Å²) in [6, 6.07) is 9.54. The molecule has 152 valence electrons. The van der Waals surface area contributed by atoms with E-state index in [1.54, 1.807) is 30.3 Å². The third-order valence-corrected chi connectivity index (χ3v) is 3.73. The monoisotopic (exact) mass is 399 g/mol. The molecule has 0 saturated carbocycles. The minimum atomic E-state index is -0.445. The molecular weight excluding hydrogens is 377 g/mol. The molecule has 0 heterocycles. The van der Waals surface area contributed by atoms with Crippen LogP contribution in [0.5, 0.6) is 23.0 Å². The predicted molar refractivity (Wildman–Crippen MR) is 108 cm³/mol. The van der Waals surface area contributed by atoms with Crippen molar-refractivity contribution in [3.63, 3.8) is 0 Å². The van der Waals surface area contributed by atoms with Gasteiger partial charge in [0.05, 0.1) is 27.9 Å². The number of nitrogens with one attached hydrogen (secondary N) is 1. The average molecular weight is 399 g/mol. The Labute approximate surface area is 169 Å². The van der Waals surface area contributed by atoms with E-state index in [0.29, 0.717) is 22.8 Å². The van der Waals surface area contributed by atoms with E-state index in [9.17, 15) is 9.18 Å². The summed E-state index contributed by atoms with van der Waals surface area (Å²) >= 11 is 0. The van der Waals surface area contributed by atoms with Crippen molar-refractivity contribution in [1.29, 1.82) is 0 Å². The van der Waals surface area contributed by atoms with Crippen LogP contribution < -0.4 is 24.3 Å². The van der Waals surface area contributed by atoms with Crippen LogP contribution >= 0.6 is 0 Å². The Morgan fingerprint density at radius 1 is 1.03 bits per heavy atom. The van der Waals surface area contributed by atoms with Gasteiger partial charge in [0.2, 0.25) is 11.7 Å². The maximum Gasteiger partial charge on any atom is 0.244 e. The third kappa shape index (κ3) is 6.47. The van der Waals surface area contributed by atoms with E-state index in [4.69, 9.17) is 18.9 Å². The van der Waals surface area contributed by atoms with Gasteiger partial charge in [-0.15, -0.1) is 0 Å². The molecule has 2 aromatic rings. The number of hydrogen-bond acceptors (Lipinski definition) is 5. The number of hydrogen-bond donors (Lipinski definition) is 1. The van der Waals surface area contributed by atoms with Crippen LogP contribution in [0.4, 0.5) is 4.39 Å². The SMILES string of the molecule is COc1cc(/C=C/C(=O)NCC#CCOc2ccccc2F)cc(OC)c1OC. The zero-order valence-electron chi connectivity index (χ0n) is 16.5. The van der Waals surface area contributed by atoms with Crippen molar-refractivity contribution in [3.05, 3.63) is 53.9 Å². The molecule has 0 radical (unpaired) electrons. The first-order chi connectivity index (χ1) is 14.1. The molecule has 0 aliphatic heterocycles. The molecule has 0 saturated heterocycles. The molecule has 0 bridgehead atoms. The van der Waals surface area contributed by atoms with E-state index in [1.807, 2.05) is 0 Å². The van der Waals surface area contributed by atoms with Crippen LogP contribution in [0.3, 0.4) is 0 Å². The number of ether oxygens (including phenoxy) is 4. The van der Waals surface area contributed by atoms with Crippen LogP contribution in [0.15, 0.2) is 42.5 Å². The zero-order valence-corrected chi connectivity index (χ0v) is 16.5. The van der Waals surface area contributed by atoms with Gasteiger partial charge >= 0.3 is 0 Å². The molecule has 1 N–H and O–H groups in total. The van der Waals surface area contributed by atoms with Crippen LogP contribution in [0.2, 0.25) is 0 Å². The molecule has 1 amide bonds. The van der Waals surface area contributed by atoms with Crippen molar-refractivity contribution < 1.29 is 28.1 Å². The van der Waals surface area contributed by atoms with Gasteiger partial charge < -0.3 is 24.3 Å². The molecule has 2 aromatic carbocycles. The molecule has 7 heteroatoms. The molecule has 0 aliphatic carbocycles. The largest absolute Gasteiger partial charge is 0.493 e. The average Bonchev–Trinajstić information content (AvgIpc) is 2.74. The minimum absolute atomic E-state index is 0.0259. The highest BCUT2D eigenvalue weighted by atomic mass is 19.1. The lowest BCUT2D eigenvalue weighted by Crippen LogP contribution is -2.21. The summed E-state index contributed by atoms with van der Waals surface area (Å²) in [5.41, 5.74) is 0.707. The molecule has 0 fully saturated rings. The van der Waals surface area contributed by atoms with Crippen LogP contribution in [0.25, 0.3) is 6.08 Å². The number of para-hydroxylation sites is 1. The molecule has 2 rings (SSSR count). The van der Waals surface area contributed by atoms with Crippen LogP contribution in [-0.2, 0) is 4.79 Å². The van der Waals surface area contributed by atoms with Gasteiger partial charge in [-0.3, -0.25) is 4.79 Å². The van der Waals surface area contributed by atoms with Gasteiger partial charge in [0.25, 0.3) is 0 Å². The highest BCUT2D eigenvalue weighted by molar-refractivity contribution is 5.92. The van der Waals surface area contributed by atoms with E-state index in [0.717, 1.165) is 0 Å². The van der Waals surface area contributed by atoms with Gasteiger partial charge in [0.1, 0.15) is 6.61 Å². The number of halogens is 1. The smallest absolute Gasteiger partial charge is 0.244 e. The summed E-state index contributed by atoms with van der Waals surface area (Å²) in [5, 5.41) is 2.63. The van der Waals surface area contributed by atoms with E-state index < -0.39 is 5.82 Å². The van der Waals surface area contributed by atoms with Crippen molar-refractivity contribution in [2.24, 2.45) is 0 Å². The lowest BCUT2D eigenvalue weighted by Gasteiger charge is -2.12. The van der Waals surface area contributed by atoms with E-state index in [2.05, 4.69) is 17.2 Å². The maximum atomic E-state index is 13.4. The highest BCUT2D eigenvalue weighted by Gasteiger charge is 2.12. The molecule has 29 heavy (non-hydrogen) atoms. The zero-order chi connectivity index (χ0) is 21.1. The number of rotatable bonds is 8. The fourth-order valence-corrected chi connectivity index (χ4v) is 2.35. The second kappa shape index (κ2) is 11.2.